The van der Waals surface area contributed by atoms with Crippen LogP contribution < -0.4 is 10.4 Å². The fourth-order valence-electron chi connectivity index (χ4n) is 6.31. The third-order valence-electron chi connectivity index (χ3n) is 9.45. The second-order valence-corrected chi connectivity index (χ2v) is 22.9. The Morgan fingerprint density at radius 1 is 0.806 bits per heavy atom. The van der Waals surface area contributed by atoms with Crippen LogP contribution in [-0.4, -0.2) is 52.9 Å². The van der Waals surface area contributed by atoms with Gasteiger partial charge >= 0.3 is 0 Å². The minimum absolute atomic E-state index is 0.0131. The first kappa shape index (κ1) is 27.8. The number of fused-ring (bicyclic) bond motifs is 1. The van der Waals surface area contributed by atoms with Crippen LogP contribution in [0.3, 0.4) is 0 Å². The quantitative estimate of drug-likeness (QED) is 0.365. The molecule has 2 heterocycles. The molecule has 2 atom stereocenters. The van der Waals surface area contributed by atoms with Crippen molar-refractivity contribution in [2.75, 3.05) is 19.8 Å². The van der Waals surface area contributed by atoms with Crippen LogP contribution in [0, 0.1) is 0 Å². The second kappa shape index (κ2) is 10.1. The highest BCUT2D eigenvalue weighted by molar-refractivity contribution is 6.99. The third-order valence-corrected chi connectivity index (χ3v) is 18.9. The average Bonchev–Trinajstić information content (AvgIpc) is 3.37. The van der Waals surface area contributed by atoms with Crippen LogP contribution in [0.5, 0.6) is 0 Å². The Balaban J connectivity index is 1.61. The third kappa shape index (κ3) is 5.06. The van der Waals surface area contributed by atoms with E-state index in [0.717, 1.165) is 13.2 Å². The summed E-state index contributed by atoms with van der Waals surface area (Å²) in [6.45, 7) is 21.8. The highest BCUT2D eigenvalue weighted by Gasteiger charge is 2.55. The molecule has 0 saturated carbocycles. The zero-order valence-electron chi connectivity index (χ0n) is 24.1. The van der Waals surface area contributed by atoms with E-state index >= 15 is 0 Å². The summed E-state index contributed by atoms with van der Waals surface area (Å²) in [6, 6.07) is 22.7. The van der Waals surface area contributed by atoms with E-state index in [4.69, 9.17) is 8.85 Å². The summed E-state index contributed by atoms with van der Waals surface area (Å²) in [5.74, 6) is 0. The molecule has 5 heteroatoms. The second-order valence-electron chi connectivity index (χ2n) is 13.7. The highest BCUT2D eigenvalue weighted by atomic mass is 28.4. The van der Waals surface area contributed by atoms with Crippen LogP contribution >= 0.6 is 0 Å². The molecule has 198 valence electrons. The van der Waals surface area contributed by atoms with Gasteiger partial charge in [0.15, 0.2) is 8.32 Å². The molecule has 2 saturated heterocycles. The molecule has 0 spiro atoms. The fourth-order valence-corrected chi connectivity index (χ4v) is 12.0. The SMILES string of the molecule is CC(C)(C)[Si](C)(C)OC[C@H]1CCC2(CO[Si](c3ccccc3)(c3ccccc3)C(C)(C)C)CCCN12. The number of nitrogens with zero attached hydrogens (tertiary/aromatic N) is 1. The van der Waals surface area contributed by atoms with E-state index in [9.17, 15) is 0 Å². The maximum atomic E-state index is 7.47. The lowest BCUT2D eigenvalue weighted by atomic mass is 9.95. The van der Waals surface area contributed by atoms with Crippen LogP contribution in [0.25, 0.3) is 0 Å². The monoisotopic (exact) mass is 523 g/mol. The van der Waals surface area contributed by atoms with Gasteiger partial charge < -0.3 is 8.85 Å². The van der Waals surface area contributed by atoms with Gasteiger partial charge in [-0.1, -0.05) is 102 Å². The smallest absolute Gasteiger partial charge is 0.261 e. The van der Waals surface area contributed by atoms with Gasteiger partial charge in [-0.2, -0.15) is 0 Å². The summed E-state index contributed by atoms with van der Waals surface area (Å²) in [4.78, 5) is 2.79. The van der Waals surface area contributed by atoms with E-state index in [1.807, 2.05) is 0 Å². The molecule has 36 heavy (non-hydrogen) atoms. The lowest BCUT2D eigenvalue weighted by Crippen LogP contribution is -2.68. The van der Waals surface area contributed by atoms with Gasteiger partial charge in [-0.15, -0.1) is 0 Å². The molecule has 4 rings (SSSR count). The van der Waals surface area contributed by atoms with Crippen LogP contribution in [0.15, 0.2) is 60.7 Å². The molecule has 2 aliphatic rings. The molecule has 0 bridgehead atoms. The van der Waals surface area contributed by atoms with Crippen LogP contribution in [0.2, 0.25) is 23.2 Å². The Labute approximate surface area is 222 Å². The largest absolute Gasteiger partial charge is 0.415 e. The Morgan fingerprint density at radius 2 is 1.36 bits per heavy atom. The predicted molar refractivity (Wildman–Crippen MR) is 158 cm³/mol. The Hall–Kier alpha value is -1.25. The number of hydrogen-bond acceptors (Lipinski definition) is 3. The number of rotatable bonds is 8. The first-order chi connectivity index (χ1) is 16.8. The zero-order valence-corrected chi connectivity index (χ0v) is 26.1. The molecule has 3 nitrogen and oxygen atoms in total. The van der Waals surface area contributed by atoms with Gasteiger partial charge in [0.2, 0.25) is 0 Å². The van der Waals surface area contributed by atoms with Gasteiger partial charge in [0.1, 0.15) is 0 Å². The zero-order chi connectivity index (χ0) is 26.2. The summed E-state index contributed by atoms with van der Waals surface area (Å²) in [6.07, 6.45) is 4.94. The van der Waals surface area contributed by atoms with Gasteiger partial charge in [0.25, 0.3) is 8.32 Å². The summed E-state index contributed by atoms with van der Waals surface area (Å²) in [5.41, 5.74) is 0.147. The van der Waals surface area contributed by atoms with Crippen molar-refractivity contribution in [3.63, 3.8) is 0 Å². The van der Waals surface area contributed by atoms with Crippen molar-refractivity contribution < 1.29 is 8.85 Å². The molecular weight excluding hydrogens is 475 g/mol. The van der Waals surface area contributed by atoms with Crippen molar-refractivity contribution >= 4 is 27.0 Å². The predicted octanol–water partition coefficient (Wildman–Crippen LogP) is 6.58. The maximum Gasteiger partial charge on any atom is 0.261 e. The van der Waals surface area contributed by atoms with Crippen LogP contribution in [0.4, 0.5) is 0 Å². The first-order valence-electron chi connectivity index (χ1n) is 14.0. The molecule has 2 fully saturated rings. The lowest BCUT2D eigenvalue weighted by molar-refractivity contribution is 0.0661. The minimum atomic E-state index is -2.53. The van der Waals surface area contributed by atoms with E-state index in [1.54, 1.807) is 0 Å². The van der Waals surface area contributed by atoms with Crippen molar-refractivity contribution in [3.05, 3.63) is 60.7 Å². The van der Waals surface area contributed by atoms with E-state index in [2.05, 4.69) is 120 Å². The summed E-state index contributed by atoms with van der Waals surface area (Å²) in [5, 5.41) is 3.01. The van der Waals surface area contributed by atoms with Crippen LogP contribution in [-0.2, 0) is 8.85 Å². The molecule has 0 aliphatic carbocycles. The molecule has 0 radical (unpaired) electrons. The average molecular weight is 524 g/mol. The van der Waals surface area contributed by atoms with Crippen molar-refractivity contribution in [2.45, 2.75) is 102 Å². The molecule has 2 aliphatic heterocycles. The highest BCUT2D eigenvalue weighted by Crippen LogP contribution is 2.46. The molecule has 2 aromatic carbocycles. The Bertz CT molecular complexity index is 957. The number of benzene rings is 2. The van der Waals surface area contributed by atoms with Gasteiger partial charge in [0.05, 0.1) is 6.61 Å². The van der Waals surface area contributed by atoms with Gasteiger partial charge in [-0.05, 0) is 65.8 Å². The van der Waals surface area contributed by atoms with Gasteiger partial charge in [0, 0.05) is 18.2 Å². The topological polar surface area (TPSA) is 21.7 Å². The molecule has 0 aromatic heterocycles. The normalized spacial score (nSPS) is 23.7. The fraction of sp³-hybridized carbons (Fsp3) is 0.613. The Kier molecular flexibility index (Phi) is 7.83. The lowest BCUT2D eigenvalue weighted by Gasteiger charge is -2.46. The Morgan fingerprint density at radius 3 is 1.86 bits per heavy atom. The number of hydrogen-bond donors (Lipinski definition) is 0. The first-order valence-corrected chi connectivity index (χ1v) is 18.8. The molecule has 0 N–H and O–H groups in total. The minimum Gasteiger partial charge on any atom is -0.415 e. The van der Waals surface area contributed by atoms with Gasteiger partial charge in [-0.25, -0.2) is 0 Å². The van der Waals surface area contributed by atoms with Gasteiger partial charge in [-0.3, -0.25) is 4.90 Å². The summed E-state index contributed by atoms with van der Waals surface area (Å²) in [7, 11) is -4.28. The standard InChI is InChI=1S/C31H49NO2Si2/c1-29(2,3)35(7,8)33-24-26-20-22-31(21-15-23-32(26)31)25-34-36(30(4,5)6,27-16-11-9-12-17-27)28-18-13-10-14-19-28/h9-14,16-19,26H,15,20-25H2,1-8H3/t26-,31?/m1/s1. The molecule has 2 aromatic rings. The van der Waals surface area contributed by atoms with E-state index in [-0.39, 0.29) is 15.6 Å². The molecule has 0 amide bonds. The summed E-state index contributed by atoms with van der Waals surface area (Å²) < 4.78 is 14.2. The van der Waals surface area contributed by atoms with E-state index < -0.39 is 16.6 Å². The van der Waals surface area contributed by atoms with Crippen molar-refractivity contribution in [1.82, 2.24) is 4.90 Å². The summed E-state index contributed by atoms with van der Waals surface area (Å²) >= 11 is 0. The van der Waals surface area contributed by atoms with Crippen molar-refractivity contribution in [2.24, 2.45) is 0 Å². The van der Waals surface area contributed by atoms with Crippen LogP contribution in [0.1, 0.15) is 67.2 Å². The van der Waals surface area contributed by atoms with Crippen molar-refractivity contribution in [1.29, 1.82) is 0 Å². The maximum absolute atomic E-state index is 7.47. The molecular formula is C31H49NO2Si2. The van der Waals surface area contributed by atoms with Crippen molar-refractivity contribution in [3.8, 4) is 0 Å². The van der Waals surface area contributed by atoms with E-state index in [1.165, 1.54) is 42.6 Å². The van der Waals surface area contributed by atoms with E-state index in [0.29, 0.717) is 6.04 Å². The molecule has 1 unspecified atom stereocenters.